The predicted octanol–water partition coefficient (Wildman–Crippen LogP) is 0.320. The van der Waals surface area contributed by atoms with E-state index in [1.165, 1.54) is 0 Å². The molecule has 0 aliphatic carbocycles. The van der Waals surface area contributed by atoms with E-state index in [1.54, 1.807) is 0 Å². The molecule has 0 aliphatic rings. The third kappa shape index (κ3) is 7.72. The van der Waals surface area contributed by atoms with Crippen LogP contribution < -0.4 is 5.73 Å². The van der Waals surface area contributed by atoms with Gasteiger partial charge in [0.05, 0.1) is 13.2 Å². The van der Waals surface area contributed by atoms with E-state index < -0.39 is 0 Å². The largest absolute Gasteiger partial charge is 0.465 e. The Hall–Kier alpha value is -0.280. The molecule has 0 heterocycles. The third-order valence-corrected chi connectivity index (χ3v) is 0.634. The second-order valence-corrected chi connectivity index (χ2v) is 1.42. The van der Waals surface area contributed by atoms with Crippen LogP contribution in [0.5, 0.6) is 0 Å². The second-order valence-electron chi connectivity index (χ2n) is 1.42. The van der Waals surface area contributed by atoms with E-state index >= 15 is 0 Å². The number of ether oxygens (including phenoxy) is 1. The average Bonchev–Trinajstić information content (AvgIpc) is 1.83. The van der Waals surface area contributed by atoms with Crippen LogP contribution in [0.2, 0.25) is 0 Å². The van der Waals surface area contributed by atoms with E-state index in [0.29, 0.717) is 6.61 Å². The standard InChI is InChI=1S/C5H11NO2.ClH/c1-2-3-8-5(7)4-6;/h2-4,6H2,1H3;1H. The van der Waals surface area contributed by atoms with Gasteiger partial charge in [-0.05, 0) is 6.42 Å². The number of nitrogens with two attached hydrogens (primary N) is 1. The number of hydrogen-bond donors (Lipinski definition) is 1. The topological polar surface area (TPSA) is 52.3 Å². The summed E-state index contributed by atoms with van der Waals surface area (Å²) < 4.78 is 4.58. The van der Waals surface area contributed by atoms with Gasteiger partial charge in [-0.3, -0.25) is 4.79 Å². The molecule has 4 heteroatoms. The summed E-state index contributed by atoms with van der Waals surface area (Å²) in [5.74, 6) is -0.327. The van der Waals surface area contributed by atoms with Crippen LogP contribution in [-0.2, 0) is 9.53 Å². The number of rotatable bonds is 3. The summed E-state index contributed by atoms with van der Waals surface area (Å²) >= 11 is 0. The maximum Gasteiger partial charge on any atom is 0.319 e. The summed E-state index contributed by atoms with van der Waals surface area (Å²) in [6.07, 6.45) is 0.853. The van der Waals surface area contributed by atoms with E-state index in [1.807, 2.05) is 6.92 Å². The van der Waals surface area contributed by atoms with Crippen molar-refractivity contribution in [1.82, 2.24) is 0 Å². The van der Waals surface area contributed by atoms with Gasteiger partial charge in [0.25, 0.3) is 0 Å². The minimum atomic E-state index is -0.327. The third-order valence-electron chi connectivity index (χ3n) is 0.634. The molecule has 0 bridgehead atoms. The molecule has 0 saturated heterocycles. The van der Waals surface area contributed by atoms with Gasteiger partial charge in [0.1, 0.15) is 0 Å². The maximum atomic E-state index is 10.2. The Morgan fingerprint density at radius 1 is 1.67 bits per heavy atom. The molecule has 0 aromatic heterocycles. The molecule has 0 aromatic rings. The van der Waals surface area contributed by atoms with E-state index in [-0.39, 0.29) is 24.9 Å². The average molecular weight is 154 g/mol. The first kappa shape index (κ1) is 11.5. The maximum absolute atomic E-state index is 10.2. The molecule has 0 atom stereocenters. The smallest absolute Gasteiger partial charge is 0.319 e. The van der Waals surface area contributed by atoms with Gasteiger partial charge in [0.2, 0.25) is 0 Å². The SMILES string of the molecule is CCCOC(=O)CN.Cl. The summed E-state index contributed by atoms with van der Waals surface area (Å²) in [6, 6.07) is 0. The fourth-order valence-electron chi connectivity index (χ4n) is 0.275. The van der Waals surface area contributed by atoms with Crippen LogP contribution >= 0.6 is 12.4 Å². The Bertz CT molecular complexity index is 77.4. The Morgan fingerprint density at radius 3 is 2.56 bits per heavy atom. The summed E-state index contributed by atoms with van der Waals surface area (Å²) in [5, 5.41) is 0. The quantitative estimate of drug-likeness (QED) is 0.595. The Balaban J connectivity index is 0. The van der Waals surface area contributed by atoms with Crippen LogP contribution in [0.15, 0.2) is 0 Å². The molecule has 0 amide bonds. The first-order valence-electron chi connectivity index (χ1n) is 2.67. The minimum Gasteiger partial charge on any atom is -0.465 e. The van der Waals surface area contributed by atoms with Crippen molar-refractivity contribution in [2.24, 2.45) is 5.73 Å². The Labute approximate surface area is 61.0 Å². The Morgan fingerprint density at radius 2 is 2.22 bits per heavy atom. The molecule has 0 aliphatic heterocycles. The number of hydrogen-bond acceptors (Lipinski definition) is 3. The van der Waals surface area contributed by atoms with Gasteiger partial charge in [0, 0.05) is 0 Å². The zero-order valence-corrected chi connectivity index (χ0v) is 6.24. The first-order valence-corrected chi connectivity index (χ1v) is 2.67. The van der Waals surface area contributed by atoms with E-state index in [4.69, 9.17) is 5.73 Å². The second kappa shape index (κ2) is 7.72. The highest BCUT2D eigenvalue weighted by atomic mass is 35.5. The number of esters is 1. The fourth-order valence-corrected chi connectivity index (χ4v) is 0.275. The number of halogens is 1. The summed E-state index contributed by atoms with van der Waals surface area (Å²) in [7, 11) is 0. The molecule has 0 rings (SSSR count). The lowest BCUT2D eigenvalue weighted by molar-refractivity contribution is -0.141. The molecule has 0 unspecified atom stereocenters. The fraction of sp³-hybridized carbons (Fsp3) is 0.800. The van der Waals surface area contributed by atoms with Gasteiger partial charge in [-0.2, -0.15) is 0 Å². The van der Waals surface area contributed by atoms with Crippen LogP contribution in [-0.4, -0.2) is 19.1 Å². The number of carbonyl (C=O) groups excluding carboxylic acids is 1. The van der Waals surface area contributed by atoms with E-state index in [0.717, 1.165) is 6.42 Å². The zero-order valence-electron chi connectivity index (χ0n) is 5.42. The zero-order chi connectivity index (χ0) is 6.41. The van der Waals surface area contributed by atoms with Gasteiger partial charge in [0.15, 0.2) is 0 Å². The van der Waals surface area contributed by atoms with Crippen molar-refractivity contribution in [3.63, 3.8) is 0 Å². The minimum absolute atomic E-state index is 0. The molecule has 2 N–H and O–H groups in total. The monoisotopic (exact) mass is 153 g/mol. The van der Waals surface area contributed by atoms with Gasteiger partial charge in [-0.25, -0.2) is 0 Å². The van der Waals surface area contributed by atoms with Gasteiger partial charge in [-0.15, -0.1) is 12.4 Å². The molecule has 0 fully saturated rings. The van der Waals surface area contributed by atoms with E-state index in [2.05, 4.69) is 4.74 Å². The predicted molar refractivity (Wildman–Crippen MR) is 37.6 cm³/mol. The summed E-state index contributed by atoms with van der Waals surface area (Å²) in [6.45, 7) is 2.40. The highest BCUT2D eigenvalue weighted by Crippen LogP contribution is 1.78. The van der Waals surface area contributed by atoms with Crippen molar-refractivity contribution < 1.29 is 9.53 Å². The summed E-state index contributed by atoms with van der Waals surface area (Å²) in [4.78, 5) is 10.2. The van der Waals surface area contributed by atoms with E-state index in [9.17, 15) is 4.79 Å². The lowest BCUT2D eigenvalue weighted by Crippen LogP contribution is -2.16. The summed E-state index contributed by atoms with van der Waals surface area (Å²) in [5.41, 5.74) is 4.94. The molecule has 9 heavy (non-hydrogen) atoms. The van der Waals surface area contributed by atoms with Gasteiger partial charge in [-0.1, -0.05) is 6.92 Å². The van der Waals surface area contributed by atoms with Crippen LogP contribution in [0.25, 0.3) is 0 Å². The van der Waals surface area contributed by atoms with Crippen LogP contribution in [0.3, 0.4) is 0 Å². The molecule has 0 aromatic carbocycles. The molecule has 0 saturated carbocycles. The molecule has 56 valence electrons. The highest BCUT2D eigenvalue weighted by Gasteiger charge is 1.93. The van der Waals surface area contributed by atoms with Crippen molar-refractivity contribution in [1.29, 1.82) is 0 Å². The normalized spacial score (nSPS) is 7.78. The molecular formula is C5H12ClNO2. The van der Waals surface area contributed by atoms with Crippen molar-refractivity contribution in [2.45, 2.75) is 13.3 Å². The van der Waals surface area contributed by atoms with Crippen molar-refractivity contribution >= 4 is 18.4 Å². The molecule has 3 nitrogen and oxygen atoms in total. The molecular weight excluding hydrogens is 142 g/mol. The molecule has 0 spiro atoms. The highest BCUT2D eigenvalue weighted by molar-refractivity contribution is 5.85. The van der Waals surface area contributed by atoms with Gasteiger partial charge < -0.3 is 10.5 Å². The van der Waals surface area contributed by atoms with Crippen molar-refractivity contribution in [2.75, 3.05) is 13.2 Å². The molecule has 0 radical (unpaired) electrons. The first-order chi connectivity index (χ1) is 3.81. The lowest BCUT2D eigenvalue weighted by atomic mass is 10.5. The van der Waals surface area contributed by atoms with Crippen LogP contribution in [0, 0.1) is 0 Å². The van der Waals surface area contributed by atoms with Crippen molar-refractivity contribution in [3.8, 4) is 0 Å². The Kier molecular flexibility index (Phi) is 9.87. The van der Waals surface area contributed by atoms with Gasteiger partial charge >= 0.3 is 5.97 Å². The van der Waals surface area contributed by atoms with Crippen LogP contribution in [0.1, 0.15) is 13.3 Å². The van der Waals surface area contributed by atoms with Crippen LogP contribution in [0.4, 0.5) is 0 Å². The van der Waals surface area contributed by atoms with Crippen molar-refractivity contribution in [3.05, 3.63) is 0 Å². The number of carbonyl (C=O) groups is 1. The lowest BCUT2D eigenvalue weighted by Gasteiger charge is -1.97.